The maximum absolute atomic E-state index is 12.1. The highest BCUT2D eigenvalue weighted by atomic mass is 127. The van der Waals surface area contributed by atoms with Crippen LogP contribution < -0.4 is 20.3 Å². The second kappa shape index (κ2) is 11.8. The van der Waals surface area contributed by atoms with E-state index in [2.05, 4.69) is 42.4 Å². The highest BCUT2D eigenvalue weighted by Crippen LogP contribution is 2.18. The first kappa shape index (κ1) is 24.8. The maximum Gasteiger partial charge on any atom is 0.250 e. The molecular weight excluding hydrogens is 535 g/mol. The summed E-state index contributed by atoms with van der Waals surface area (Å²) in [5.74, 6) is 1.71. The standard InChI is InChI=1S/C19H28N6O2S2.HI/c1-15-5-6-17(22-14-15)25-11-7-16(8-12-25)24-19(20-2)21-9-10-23-29(26,27)18-4-3-13-28-18;/h3-6,13-14,16,23H,7-12H2,1-2H3,(H2,20,21,24);1H. The number of thiophene rings is 1. The van der Waals surface area contributed by atoms with Crippen LogP contribution in [0.25, 0.3) is 0 Å². The zero-order valence-corrected chi connectivity index (χ0v) is 21.1. The fraction of sp³-hybridized carbons (Fsp3) is 0.474. The molecule has 3 N–H and O–H groups in total. The lowest BCUT2D eigenvalue weighted by Gasteiger charge is -2.33. The molecule has 0 bridgehead atoms. The zero-order chi connectivity index (χ0) is 20.7. The lowest BCUT2D eigenvalue weighted by molar-refractivity contribution is 0.459. The molecule has 3 rings (SSSR count). The number of anilines is 1. The Morgan fingerprint density at radius 1 is 1.27 bits per heavy atom. The van der Waals surface area contributed by atoms with Crippen molar-refractivity contribution in [3.8, 4) is 0 Å². The number of piperidine rings is 1. The first-order valence-corrected chi connectivity index (χ1v) is 12.0. The lowest BCUT2D eigenvalue weighted by atomic mass is 10.1. The number of hydrogen-bond acceptors (Lipinski definition) is 6. The number of halogens is 1. The summed E-state index contributed by atoms with van der Waals surface area (Å²) in [4.78, 5) is 11.1. The Hall–Kier alpha value is -1.44. The maximum atomic E-state index is 12.1. The van der Waals surface area contributed by atoms with Crippen LogP contribution in [0, 0.1) is 6.92 Å². The third-order valence-electron chi connectivity index (χ3n) is 4.75. The van der Waals surface area contributed by atoms with Crippen molar-refractivity contribution < 1.29 is 8.42 Å². The van der Waals surface area contributed by atoms with Crippen molar-refractivity contribution in [3.63, 3.8) is 0 Å². The Labute approximate surface area is 199 Å². The van der Waals surface area contributed by atoms with Crippen molar-refractivity contribution in [1.29, 1.82) is 0 Å². The average Bonchev–Trinajstić information content (AvgIpc) is 3.27. The molecule has 0 aliphatic carbocycles. The lowest BCUT2D eigenvalue weighted by Crippen LogP contribution is -2.49. The van der Waals surface area contributed by atoms with Gasteiger partial charge in [0.2, 0.25) is 10.0 Å². The van der Waals surface area contributed by atoms with Gasteiger partial charge in [-0.3, -0.25) is 4.99 Å². The van der Waals surface area contributed by atoms with E-state index >= 15 is 0 Å². The molecule has 0 atom stereocenters. The summed E-state index contributed by atoms with van der Waals surface area (Å²) in [6.45, 7) is 4.66. The Balaban J connectivity index is 0.00000320. The molecule has 1 aliphatic heterocycles. The van der Waals surface area contributed by atoms with E-state index in [0.717, 1.165) is 37.3 Å². The van der Waals surface area contributed by atoms with Gasteiger partial charge in [-0.2, -0.15) is 0 Å². The molecule has 0 radical (unpaired) electrons. The van der Waals surface area contributed by atoms with Gasteiger partial charge in [-0.25, -0.2) is 18.1 Å². The molecule has 2 aromatic heterocycles. The van der Waals surface area contributed by atoms with Gasteiger partial charge in [0.25, 0.3) is 0 Å². The predicted molar refractivity (Wildman–Crippen MR) is 134 cm³/mol. The Morgan fingerprint density at radius 2 is 2.03 bits per heavy atom. The largest absolute Gasteiger partial charge is 0.356 e. The minimum absolute atomic E-state index is 0. The van der Waals surface area contributed by atoms with Crippen LogP contribution in [0.1, 0.15) is 18.4 Å². The van der Waals surface area contributed by atoms with Crippen LogP contribution in [-0.4, -0.2) is 58.6 Å². The number of aliphatic imine (C=N–C) groups is 1. The minimum Gasteiger partial charge on any atom is -0.356 e. The van der Waals surface area contributed by atoms with E-state index in [0.29, 0.717) is 29.3 Å². The van der Waals surface area contributed by atoms with Gasteiger partial charge in [0, 0.05) is 45.5 Å². The van der Waals surface area contributed by atoms with Crippen LogP contribution in [-0.2, 0) is 10.0 Å². The van der Waals surface area contributed by atoms with Gasteiger partial charge in [0.05, 0.1) is 0 Å². The Bertz CT molecular complexity index is 896. The van der Waals surface area contributed by atoms with Crippen molar-refractivity contribution in [2.75, 3.05) is 38.1 Å². The van der Waals surface area contributed by atoms with Crippen molar-refractivity contribution in [3.05, 3.63) is 41.4 Å². The number of hydrogen-bond donors (Lipinski definition) is 3. The van der Waals surface area contributed by atoms with E-state index in [9.17, 15) is 8.42 Å². The van der Waals surface area contributed by atoms with Crippen molar-refractivity contribution in [2.45, 2.75) is 30.0 Å². The van der Waals surface area contributed by atoms with E-state index in [4.69, 9.17) is 0 Å². The number of guanidine groups is 1. The highest BCUT2D eigenvalue weighted by Gasteiger charge is 2.21. The molecule has 1 saturated heterocycles. The molecule has 8 nitrogen and oxygen atoms in total. The van der Waals surface area contributed by atoms with Crippen LogP contribution in [0.15, 0.2) is 45.0 Å². The van der Waals surface area contributed by atoms with Gasteiger partial charge in [-0.15, -0.1) is 35.3 Å². The summed E-state index contributed by atoms with van der Waals surface area (Å²) in [6.07, 6.45) is 3.88. The fourth-order valence-electron chi connectivity index (χ4n) is 3.14. The Morgan fingerprint density at radius 3 is 2.63 bits per heavy atom. The molecule has 0 saturated carbocycles. The van der Waals surface area contributed by atoms with Crippen molar-refractivity contribution in [2.24, 2.45) is 4.99 Å². The van der Waals surface area contributed by atoms with Crippen molar-refractivity contribution >= 4 is 57.1 Å². The number of sulfonamides is 1. The third-order valence-corrected chi connectivity index (χ3v) is 7.61. The number of rotatable bonds is 7. The normalized spacial score (nSPS) is 15.5. The zero-order valence-electron chi connectivity index (χ0n) is 17.2. The molecule has 11 heteroatoms. The second-order valence-corrected chi connectivity index (χ2v) is 9.87. The van der Waals surface area contributed by atoms with Crippen LogP contribution in [0.3, 0.4) is 0 Å². The van der Waals surface area contributed by atoms with Gasteiger partial charge in [0.15, 0.2) is 5.96 Å². The monoisotopic (exact) mass is 564 g/mol. The van der Waals surface area contributed by atoms with Crippen LogP contribution in [0.2, 0.25) is 0 Å². The van der Waals surface area contributed by atoms with E-state index in [-0.39, 0.29) is 24.0 Å². The van der Waals surface area contributed by atoms with Gasteiger partial charge >= 0.3 is 0 Å². The first-order valence-electron chi connectivity index (χ1n) is 9.66. The number of pyridine rings is 1. The molecule has 2 aromatic rings. The summed E-state index contributed by atoms with van der Waals surface area (Å²) in [5.41, 5.74) is 1.16. The molecule has 3 heterocycles. The molecule has 1 aliphatic rings. The third kappa shape index (κ3) is 7.06. The van der Waals surface area contributed by atoms with Gasteiger partial charge in [-0.1, -0.05) is 12.1 Å². The van der Waals surface area contributed by atoms with Crippen LogP contribution >= 0.6 is 35.3 Å². The summed E-state index contributed by atoms with van der Waals surface area (Å²) < 4.78 is 27.1. The van der Waals surface area contributed by atoms with Gasteiger partial charge in [0.1, 0.15) is 10.0 Å². The summed E-state index contributed by atoms with van der Waals surface area (Å²) in [6, 6.07) is 7.81. The smallest absolute Gasteiger partial charge is 0.250 e. The van der Waals surface area contributed by atoms with Crippen molar-refractivity contribution in [1.82, 2.24) is 20.3 Å². The topological polar surface area (TPSA) is 98.7 Å². The molecule has 0 amide bonds. The van der Waals surface area contributed by atoms with E-state index in [1.165, 1.54) is 11.3 Å². The highest BCUT2D eigenvalue weighted by molar-refractivity contribution is 14.0. The molecule has 30 heavy (non-hydrogen) atoms. The average molecular weight is 565 g/mol. The van der Waals surface area contributed by atoms with Crippen LogP contribution in [0.4, 0.5) is 5.82 Å². The first-order chi connectivity index (χ1) is 14.0. The second-order valence-electron chi connectivity index (χ2n) is 6.93. The number of aromatic nitrogens is 1. The fourth-order valence-corrected chi connectivity index (χ4v) is 5.21. The molecule has 166 valence electrons. The summed E-state index contributed by atoms with van der Waals surface area (Å²) in [7, 11) is -1.71. The molecule has 0 unspecified atom stereocenters. The van der Waals surface area contributed by atoms with E-state index in [1.54, 1.807) is 24.6 Å². The molecule has 1 fully saturated rings. The number of nitrogens with one attached hydrogen (secondary N) is 3. The molecular formula is C19H29IN6O2S2. The quantitative estimate of drug-likeness (QED) is 0.207. The Kier molecular flexibility index (Phi) is 9.78. The van der Waals surface area contributed by atoms with Gasteiger partial charge < -0.3 is 15.5 Å². The van der Waals surface area contributed by atoms with E-state index in [1.807, 2.05) is 13.1 Å². The molecule has 0 aromatic carbocycles. The van der Waals surface area contributed by atoms with E-state index < -0.39 is 10.0 Å². The van der Waals surface area contributed by atoms with Gasteiger partial charge in [-0.05, 0) is 42.8 Å². The predicted octanol–water partition coefficient (Wildman–Crippen LogP) is 2.18. The summed E-state index contributed by atoms with van der Waals surface area (Å²) in [5, 5.41) is 8.35. The number of aryl methyl sites for hydroxylation is 1. The minimum atomic E-state index is -3.43. The molecule has 0 spiro atoms. The van der Waals surface area contributed by atoms with Crippen LogP contribution in [0.5, 0.6) is 0 Å². The summed E-state index contributed by atoms with van der Waals surface area (Å²) >= 11 is 1.21. The number of nitrogens with zero attached hydrogens (tertiary/aromatic N) is 3. The SMILES string of the molecule is CN=C(NCCNS(=O)(=O)c1cccs1)NC1CCN(c2ccc(C)cn2)CC1.I.